The zero-order chi connectivity index (χ0) is 23.2. The van der Waals surface area contributed by atoms with Crippen molar-refractivity contribution in [1.29, 1.82) is 5.26 Å². The normalized spacial score (nSPS) is 11.6. The van der Waals surface area contributed by atoms with E-state index in [1.807, 2.05) is 18.2 Å². The van der Waals surface area contributed by atoms with Gasteiger partial charge >= 0.3 is 5.97 Å². The van der Waals surface area contributed by atoms with Crippen molar-refractivity contribution in [2.75, 3.05) is 0 Å². The van der Waals surface area contributed by atoms with E-state index in [4.69, 9.17) is 4.74 Å². The lowest BCUT2D eigenvalue weighted by molar-refractivity contribution is -0.155. The molecule has 0 spiro atoms. The fourth-order valence-electron chi connectivity index (χ4n) is 3.56. The van der Waals surface area contributed by atoms with Crippen LogP contribution in [0.25, 0.3) is 27.7 Å². The maximum Gasteiger partial charge on any atom is 0.328 e. The Morgan fingerprint density at radius 1 is 1.19 bits per heavy atom. The molecule has 0 aliphatic rings. The number of carbonyl (C=O) groups is 2. The summed E-state index contributed by atoms with van der Waals surface area (Å²) in [5.74, 6) is -0.636. The first-order valence-electron chi connectivity index (χ1n) is 10.1. The van der Waals surface area contributed by atoms with Gasteiger partial charge in [0.2, 0.25) is 0 Å². The fourth-order valence-corrected chi connectivity index (χ4v) is 3.56. The molecule has 0 atom stereocenters. The molecule has 0 saturated heterocycles. The lowest BCUT2D eigenvalue weighted by Crippen LogP contribution is -2.26. The van der Waals surface area contributed by atoms with Crippen LogP contribution >= 0.6 is 0 Å². The molecule has 162 valence electrons. The molecule has 0 amide bonds. The van der Waals surface area contributed by atoms with Crippen molar-refractivity contribution in [3.63, 3.8) is 0 Å². The van der Waals surface area contributed by atoms with Crippen LogP contribution in [-0.2, 0) is 16.1 Å². The van der Waals surface area contributed by atoms with Crippen molar-refractivity contribution in [2.24, 2.45) is 0 Å². The van der Waals surface area contributed by atoms with Crippen LogP contribution < -0.4 is 0 Å². The number of aryl methyl sites for hydroxylation is 1. The number of Topliss-reactive ketones (excluding diaryl/α,β-unsaturated/α-hetero) is 1. The molecular formula is C23H22N6O3. The Morgan fingerprint density at radius 3 is 2.59 bits per heavy atom. The third kappa shape index (κ3) is 3.83. The molecule has 0 N–H and O–H groups in total. The average molecular weight is 430 g/mol. The van der Waals surface area contributed by atoms with Crippen LogP contribution in [0, 0.1) is 18.3 Å². The first-order valence-corrected chi connectivity index (χ1v) is 10.1. The number of ketones is 1. The summed E-state index contributed by atoms with van der Waals surface area (Å²) in [6.45, 7) is 8.49. The van der Waals surface area contributed by atoms with Crippen molar-refractivity contribution in [3.05, 3.63) is 47.5 Å². The van der Waals surface area contributed by atoms with Gasteiger partial charge in [0.15, 0.2) is 11.4 Å². The number of nitriles is 1. The van der Waals surface area contributed by atoms with Gasteiger partial charge in [-0.25, -0.2) is 9.50 Å². The second-order valence-corrected chi connectivity index (χ2v) is 8.56. The van der Waals surface area contributed by atoms with Gasteiger partial charge in [-0.3, -0.25) is 14.3 Å². The van der Waals surface area contributed by atoms with E-state index in [9.17, 15) is 14.9 Å². The molecule has 3 aromatic heterocycles. The molecule has 0 unspecified atom stereocenters. The Labute approximate surface area is 184 Å². The van der Waals surface area contributed by atoms with E-state index in [1.165, 1.54) is 11.6 Å². The number of hydrogen-bond donors (Lipinski definition) is 0. The summed E-state index contributed by atoms with van der Waals surface area (Å²) < 4.78 is 8.45. The minimum atomic E-state index is -0.613. The van der Waals surface area contributed by atoms with E-state index in [0.29, 0.717) is 27.8 Å². The first-order chi connectivity index (χ1) is 15.1. The minimum absolute atomic E-state index is 0.0998. The highest BCUT2D eigenvalue weighted by molar-refractivity contribution is 6.06. The van der Waals surface area contributed by atoms with E-state index in [0.717, 1.165) is 11.1 Å². The third-order valence-electron chi connectivity index (χ3n) is 4.88. The van der Waals surface area contributed by atoms with Crippen LogP contribution in [0.5, 0.6) is 0 Å². The summed E-state index contributed by atoms with van der Waals surface area (Å²) in [7, 11) is 0. The summed E-state index contributed by atoms with van der Waals surface area (Å²) in [6.07, 6.45) is 3.45. The number of nitrogens with zero attached hydrogens (tertiary/aromatic N) is 6. The van der Waals surface area contributed by atoms with Crippen molar-refractivity contribution in [3.8, 4) is 17.2 Å². The minimum Gasteiger partial charge on any atom is -0.459 e. The molecule has 4 rings (SSSR count). The maximum absolute atomic E-state index is 12.3. The largest absolute Gasteiger partial charge is 0.459 e. The lowest BCUT2D eigenvalue weighted by atomic mass is 10.0. The zero-order valence-electron chi connectivity index (χ0n) is 18.5. The Balaban J connectivity index is 1.78. The van der Waals surface area contributed by atoms with E-state index in [-0.39, 0.29) is 18.0 Å². The van der Waals surface area contributed by atoms with E-state index in [1.54, 1.807) is 44.6 Å². The Morgan fingerprint density at radius 2 is 1.94 bits per heavy atom. The Hall–Kier alpha value is -4.06. The van der Waals surface area contributed by atoms with Gasteiger partial charge in [0.05, 0.1) is 11.2 Å². The second-order valence-electron chi connectivity index (χ2n) is 8.56. The van der Waals surface area contributed by atoms with Crippen LogP contribution in [0.1, 0.15) is 49.4 Å². The van der Waals surface area contributed by atoms with Crippen molar-refractivity contribution < 1.29 is 14.3 Å². The van der Waals surface area contributed by atoms with Crippen LogP contribution in [0.2, 0.25) is 0 Å². The smallest absolute Gasteiger partial charge is 0.328 e. The molecule has 0 bridgehead atoms. The number of hydrogen-bond acceptors (Lipinski definition) is 7. The van der Waals surface area contributed by atoms with Gasteiger partial charge in [-0.15, -0.1) is 0 Å². The number of fused-ring (bicyclic) bond motifs is 2. The lowest BCUT2D eigenvalue weighted by Gasteiger charge is -2.19. The maximum atomic E-state index is 12.3. The molecule has 32 heavy (non-hydrogen) atoms. The topological polar surface area (TPSA) is 115 Å². The standard InChI is InChI=1S/C23H22N6O3/c1-13-18(9-24)22-25-10-16(11-29(22)26-13)15-6-7-19-17(8-15)21(14(2)30)27-28(19)12-20(31)32-23(3,4)5/h6-8,10-11H,12H2,1-5H3. The van der Waals surface area contributed by atoms with Crippen LogP contribution in [-0.4, -0.2) is 41.7 Å². The Kier molecular flexibility index (Phi) is 5.01. The highest BCUT2D eigenvalue weighted by Crippen LogP contribution is 2.27. The summed E-state index contributed by atoms with van der Waals surface area (Å²) >= 11 is 0. The van der Waals surface area contributed by atoms with Crippen molar-refractivity contribution >= 4 is 28.3 Å². The predicted molar refractivity (Wildman–Crippen MR) is 117 cm³/mol. The molecule has 4 aromatic rings. The summed E-state index contributed by atoms with van der Waals surface area (Å²) in [6, 6.07) is 7.64. The number of carbonyl (C=O) groups excluding carboxylic acids is 2. The van der Waals surface area contributed by atoms with E-state index >= 15 is 0 Å². The molecule has 0 radical (unpaired) electrons. The highest BCUT2D eigenvalue weighted by atomic mass is 16.6. The van der Waals surface area contributed by atoms with Gasteiger partial charge < -0.3 is 4.74 Å². The number of benzene rings is 1. The molecule has 0 aliphatic carbocycles. The summed E-state index contributed by atoms with van der Waals surface area (Å²) in [4.78, 5) is 28.9. The van der Waals surface area contributed by atoms with Gasteiger partial charge in [-0.05, 0) is 45.4 Å². The van der Waals surface area contributed by atoms with Gasteiger partial charge in [-0.1, -0.05) is 6.07 Å². The molecule has 3 heterocycles. The summed E-state index contributed by atoms with van der Waals surface area (Å²) in [5.41, 5.74) is 3.42. The zero-order valence-corrected chi connectivity index (χ0v) is 18.5. The van der Waals surface area contributed by atoms with Gasteiger partial charge in [0.25, 0.3) is 0 Å². The van der Waals surface area contributed by atoms with Crippen LogP contribution in [0.3, 0.4) is 0 Å². The van der Waals surface area contributed by atoms with E-state index < -0.39 is 11.6 Å². The van der Waals surface area contributed by atoms with Gasteiger partial charge in [0.1, 0.15) is 29.5 Å². The number of ether oxygens (including phenoxy) is 1. The molecule has 9 heteroatoms. The summed E-state index contributed by atoms with van der Waals surface area (Å²) in [5, 5.41) is 18.7. The average Bonchev–Trinajstić information content (AvgIpc) is 3.22. The van der Waals surface area contributed by atoms with Crippen molar-refractivity contribution in [1.82, 2.24) is 24.4 Å². The van der Waals surface area contributed by atoms with E-state index in [2.05, 4.69) is 21.3 Å². The first kappa shape index (κ1) is 21.2. The highest BCUT2D eigenvalue weighted by Gasteiger charge is 2.21. The van der Waals surface area contributed by atoms with Crippen LogP contribution in [0.4, 0.5) is 0 Å². The molecule has 0 aliphatic heterocycles. The molecule has 1 aromatic carbocycles. The molecule has 9 nitrogen and oxygen atoms in total. The Bertz CT molecular complexity index is 1430. The van der Waals surface area contributed by atoms with Crippen molar-refractivity contribution in [2.45, 2.75) is 46.8 Å². The molecule has 0 fully saturated rings. The molecular weight excluding hydrogens is 408 g/mol. The fraction of sp³-hybridized carbons (Fsp3) is 0.304. The number of rotatable bonds is 4. The van der Waals surface area contributed by atoms with Gasteiger partial charge in [-0.2, -0.15) is 15.5 Å². The monoisotopic (exact) mass is 430 g/mol. The number of aromatic nitrogens is 5. The quantitative estimate of drug-likeness (QED) is 0.359. The predicted octanol–water partition coefficient (Wildman–Crippen LogP) is 3.47. The van der Waals surface area contributed by atoms with Crippen LogP contribution in [0.15, 0.2) is 30.6 Å². The second kappa shape index (κ2) is 7.57. The SMILES string of the molecule is CC(=O)c1nn(CC(=O)OC(C)(C)C)c2ccc(-c3cnc4c(C#N)c(C)nn4c3)cc12. The van der Waals surface area contributed by atoms with Gasteiger partial charge in [0, 0.05) is 30.3 Å². The molecule has 0 saturated carbocycles. The number of esters is 1. The third-order valence-corrected chi connectivity index (χ3v) is 4.88.